The van der Waals surface area contributed by atoms with Crippen LogP contribution in [0.5, 0.6) is 5.06 Å². The molecule has 132 valence electrons. The highest BCUT2D eigenvalue weighted by molar-refractivity contribution is 7.17. The van der Waals surface area contributed by atoms with Crippen LogP contribution in [-0.2, 0) is 6.54 Å². The van der Waals surface area contributed by atoms with Crippen LogP contribution >= 0.6 is 11.3 Å². The average molecular weight is 357 g/mol. The standard InChI is InChI=1S/C19H23N3O2S/c20-11-13-2-1-3-15(10-13)17-4-5-18(25-17)24-19(23)21-16-12-22-8-6-14(16)7-9-22/h1-5,10,14,16H,6-9,11-12,20H2,(H,21,23). The van der Waals surface area contributed by atoms with E-state index < -0.39 is 0 Å². The van der Waals surface area contributed by atoms with E-state index >= 15 is 0 Å². The van der Waals surface area contributed by atoms with Crippen molar-refractivity contribution < 1.29 is 9.53 Å². The molecular formula is C19H23N3O2S. The van der Waals surface area contributed by atoms with Gasteiger partial charge in [0.15, 0.2) is 5.06 Å². The van der Waals surface area contributed by atoms with Gasteiger partial charge in [0, 0.05) is 24.0 Å². The number of hydrogen-bond acceptors (Lipinski definition) is 5. The number of fused-ring (bicyclic) bond motifs is 3. The molecule has 3 N–H and O–H groups in total. The molecule has 0 saturated carbocycles. The minimum atomic E-state index is -0.345. The van der Waals surface area contributed by atoms with Gasteiger partial charge in [-0.1, -0.05) is 29.5 Å². The summed E-state index contributed by atoms with van der Waals surface area (Å²) >= 11 is 1.48. The number of thiophene rings is 1. The third-order valence-corrected chi connectivity index (χ3v) is 6.19. The van der Waals surface area contributed by atoms with Crippen molar-refractivity contribution in [3.05, 3.63) is 42.0 Å². The molecule has 1 aromatic carbocycles. The lowest BCUT2D eigenvalue weighted by Gasteiger charge is -2.44. The summed E-state index contributed by atoms with van der Waals surface area (Å²) in [6, 6.07) is 12.2. The van der Waals surface area contributed by atoms with Gasteiger partial charge in [-0.15, -0.1) is 0 Å². The van der Waals surface area contributed by atoms with Gasteiger partial charge in [0.1, 0.15) is 0 Å². The van der Waals surface area contributed by atoms with Crippen molar-refractivity contribution in [1.29, 1.82) is 0 Å². The number of ether oxygens (including phenoxy) is 1. The fourth-order valence-corrected chi connectivity index (χ4v) is 4.63. The van der Waals surface area contributed by atoms with Crippen molar-refractivity contribution in [1.82, 2.24) is 10.2 Å². The van der Waals surface area contributed by atoms with E-state index in [9.17, 15) is 4.79 Å². The maximum Gasteiger partial charge on any atom is 0.413 e. The van der Waals surface area contributed by atoms with Crippen LogP contribution in [0.1, 0.15) is 18.4 Å². The van der Waals surface area contributed by atoms with E-state index in [2.05, 4.69) is 16.3 Å². The number of nitrogens with two attached hydrogens (primary N) is 1. The summed E-state index contributed by atoms with van der Waals surface area (Å²) in [5.74, 6) is 0.593. The molecule has 25 heavy (non-hydrogen) atoms. The lowest BCUT2D eigenvalue weighted by Crippen LogP contribution is -2.57. The number of hydrogen-bond donors (Lipinski definition) is 2. The molecule has 5 rings (SSSR count). The Morgan fingerprint density at radius 3 is 2.84 bits per heavy atom. The van der Waals surface area contributed by atoms with Gasteiger partial charge >= 0.3 is 6.09 Å². The second kappa shape index (κ2) is 7.15. The summed E-state index contributed by atoms with van der Waals surface area (Å²) in [5.41, 5.74) is 7.89. The highest BCUT2D eigenvalue weighted by Crippen LogP contribution is 2.33. The molecule has 1 aromatic heterocycles. The van der Waals surface area contributed by atoms with Crippen LogP contribution in [0.4, 0.5) is 4.79 Å². The first-order valence-corrected chi connectivity index (χ1v) is 9.63. The first-order valence-electron chi connectivity index (χ1n) is 8.81. The van der Waals surface area contributed by atoms with Crippen molar-refractivity contribution >= 4 is 17.4 Å². The second-order valence-corrected chi connectivity index (χ2v) is 7.85. The van der Waals surface area contributed by atoms with Crippen LogP contribution in [0.3, 0.4) is 0 Å². The van der Waals surface area contributed by atoms with Crippen LogP contribution < -0.4 is 15.8 Å². The van der Waals surface area contributed by atoms with Gasteiger partial charge < -0.3 is 20.7 Å². The van der Waals surface area contributed by atoms with E-state index in [1.807, 2.05) is 30.3 Å². The lowest BCUT2D eigenvalue weighted by atomic mass is 9.84. The minimum absolute atomic E-state index is 0.218. The quantitative estimate of drug-likeness (QED) is 0.882. The zero-order valence-corrected chi connectivity index (χ0v) is 14.9. The average Bonchev–Trinajstić information content (AvgIpc) is 3.11. The van der Waals surface area contributed by atoms with Crippen LogP contribution in [0.25, 0.3) is 10.4 Å². The molecule has 5 nitrogen and oxygen atoms in total. The van der Waals surface area contributed by atoms with E-state index in [0.717, 1.165) is 35.6 Å². The summed E-state index contributed by atoms with van der Waals surface area (Å²) < 4.78 is 5.51. The van der Waals surface area contributed by atoms with Crippen LogP contribution in [0.15, 0.2) is 36.4 Å². The molecule has 3 saturated heterocycles. The number of nitrogens with one attached hydrogen (secondary N) is 1. The van der Waals surface area contributed by atoms with Crippen molar-refractivity contribution in [2.45, 2.75) is 25.4 Å². The lowest BCUT2D eigenvalue weighted by molar-refractivity contribution is 0.0726. The number of rotatable bonds is 4. The molecule has 1 atom stereocenters. The van der Waals surface area contributed by atoms with E-state index in [1.54, 1.807) is 0 Å². The van der Waals surface area contributed by atoms with E-state index in [-0.39, 0.29) is 12.1 Å². The molecule has 6 heteroatoms. The molecule has 2 aromatic rings. The Labute approximate surface area is 151 Å². The summed E-state index contributed by atoms with van der Waals surface area (Å²) in [7, 11) is 0. The monoisotopic (exact) mass is 357 g/mol. The Hall–Kier alpha value is -1.89. The summed E-state index contributed by atoms with van der Waals surface area (Å²) in [4.78, 5) is 15.7. The Kier molecular flexibility index (Phi) is 4.74. The minimum Gasteiger partial charge on any atom is -0.399 e. The van der Waals surface area contributed by atoms with Crippen molar-refractivity contribution in [3.8, 4) is 15.5 Å². The molecule has 3 aliphatic rings. The maximum absolute atomic E-state index is 12.2. The first kappa shape index (κ1) is 16.6. The molecular weight excluding hydrogens is 334 g/mol. The van der Waals surface area contributed by atoms with Crippen molar-refractivity contribution in [3.63, 3.8) is 0 Å². The highest BCUT2D eigenvalue weighted by Gasteiger charge is 2.35. The predicted molar refractivity (Wildman–Crippen MR) is 99.8 cm³/mol. The van der Waals surface area contributed by atoms with Gasteiger partial charge in [-0.2, -0.15) is 0 Å². The molecule has 4 heterocycles. The van der Waals surface area contributed by atoms with Gasteiger partial charge in [-0.25, -0.2) is 4.79 Å². The molecule has 3 aliphatic heterocycles. The predicted octanol–water partition coefficient (Wildman–Crippen LogP) is 3.06. The van der Waals surface area contributed by atoms with Gasteiger partial charge in [-0.3, -0.25) is 0 Å². The number of piperidine rings is 3. The fourth-order valence-electron chi connectivity index (χ4n) is 3.78. The van der Waals surface area contributed by atoms with Crippen LogP contribution in [0, 0.1) is 5.92 Å². The van der Waals surface area contributed by atoms with E-state index in [4.69, 9.17) is 10.5 Å². The molecule has 0 spiro atoms. The normalized spacial score (nSPS) is 24.9. The molecule has 1 amide bonds. The Balaban J connectivity index is 1.38. The van der Waals surface area contributed by atoms with Crippen LogP contribution in [0.2, 0.25) is 0 Å². The van der Waals surface area contributed by atoms with Gasteiger partial charge in [0.2, 0.25) is 0 Å². The molecule has 2 bridgehead atoms. The van der Waals surface area contributed by atoms with E-state index in [0.29, 0.717) is 17.5 Å². The summed E-state index contributed by atoms with van der Waals surface area (Å²) in [6.45, 7) is 3.79. The smallest absolute Gasteiger partial charge is 0.399 e. The number of amides is 1. The van der Waals surface area contributed by atoms with Crippen molar-refractivity contribution in [2.24, 2.45) is 11.7 Å². The van der Waals surface area contributed by atoms with Crippen LogP contribution in [-0.4, -0.2) is 36.7 Å². The maximum atomic E-state index is 12.2. The zero-order chi connectivity index (χ0) is 17.2. The summed E-state index contributed by atoms with van der Waals surface area (Å²) in [5, 5.41) is 3.67. The topological polar surface area (TPSA) is 67.6 Å². The third-order valence-electron chi connectivity index (χ3n) is 5.18. The van der Waals surface area contributed by atoms with Gasteiger partial charge in [0.25, 0.3) is 0 Å². The number of benzene rings is 1. The molecule has 0 aliphatic carbocycles. The number of carbonyl (C=O) groups excluding carboxylic acids is 1. The SMILES string of the molecule is NCc1cccc(-c2ccc(OC(=O)NC3CN4CCC3CC4)s2)c1. The summed E-state index contributed by atoms with van der Waals surface area (Å²) in [6.07, 6.45) is 2.00. The number of carbonyl (C=O) groups is 1. The third kappa shape index (κ3) is 3.71. The highest BCUT2D eigenvalue weighted by atomic mass is 32.1. The molecule has 3 fully saturated rings. The van der Waals surface area contributed by atoms with Gasteiger partial charge in [-0.05, 0) is 61.2 Å². The molecule has 0 radical (unpaired) electrons. The fraction of sp³-hybridized carbons (Fsp3) is 0.421. The van der Waals surface area contributed by atoms with E-state index in [1.165, 1.54) is 24.2 Å². The van der Waals surface area contributed by atoms with Gasteiger partial charge in [0.05, 0.1) is 0 Å². The Morgan fingerprint density at radius 1 is 1.28 bits per heavy atom. The number of nitrogens with zero attached hydrogens (tertiary/aromatic N) is 1. The Morgan fingerprint density at radius 2 is 2.12 bits per heavy atom. The second-order valence-electron chi connectivity index (χ2n) is 6.80. The largest absolute Gasteiger partial charge is 0.413 e. The van der Waals surface area contributed by atoms with Crippen molar-refractivity contribution in [2.75, 3.05) is 19.6 Å². The molecule has 1 unspecified atom stereocenters. The zero-order valence-electron chi connectivity index (χ0n) is 14.1. The first-order chi connectivity index (χ1) is 12.2. The Bertz CT molecular complexity index is 753.